The SMILES string of the molecule is CC[C@H](C)[C@@H]1CC(=O)[C@H](CC(C)C)N(C)C(=O)C[C@@H](C(C)=O)N(C)C(=O)[C@H](C2CCCC2)N(C)C(=O)C2(CCCC2)NC(=O)CN(C)C(=O)[C@H](Cc2ccc(C)cc2)N(CC)C(=O)[C@@H]2CCN2C(=O)[C@H](C)N(C)C(=O)[C@H]([C@@H](C)CC)NC(=O)[C@H](CC(C)C)N(C)C(=O)C[C@@H](C(C)=O)N(C)C(=O)[C@H](C2CCCC2)N(C)C(=O)C2(CCCC2)CC(=O)CN(C)C(=O)[C@H](Cc2ccc(C)cc2)N(CC)C(=O)[C@@H]2CCN2C(=O)[C@H](C)N(C)C1=O. The van der Waals surface area contributed by atoms with Crippen LogP contribution in [0.1, 0.15) is 286 Å². The lowest BCUT2D eigenvalue weighted by Crippen LogP contribution is -2.65. The van der Waals surface area contributed by atoms with Crippen LogP contribution in [0.3, 0.4) is 0 Å². The van der Waals surface area contributed by atoms with Crippen molar-refractivity contribution in [3.63, 3.8) is 0 Å². The van der Waals surface area contributed by atoms with Gasteiger partial charge < -0.3 is 79.2 Å². The smallest absolute Gasteiger partial charge is 0.248 e. The fraction of sp³-hybridized carbons (Fsp3) is 0.719. The highest BCUT2D eigenvalue weighted by Gasteiger charge is 2.55. The molecule has 0 radical (unpaired) electrons. The lowest BCUT2D eigenvalue weighted by Gasteiger charge is -2.45. The second-order valence-electron chi connectivity index (χ2n) is 45.7. The summed E-state index contributed by atoms with van der Waals surface area (Å²) in [5.41, 5.74) is 0.305. The number of nitrogens with zero attached hydrogens (tertiary/aromatic N) is 14. The molecular weight excluding hydrogens is 1910 g/mol. The molecule has 3 heterocycles. The van der Waals surface area contributed by atoms with E-state index in [0.29, 0.717) is 75.3 Å². The Morgan fingerprint density at radius 3 is 1.17 bits per heavy atom. The Bertz CT molecular complexity index is 4860. The van der Waals surface area contributed by atoms with Crippen molar-refractivity contribution in [3.05, 3.63) is 70.8 Å². The summed E-state index contributed by atoms with van der Waals surface area (Å²) in [5, 5.41) is 5.97. The van der Waals surface area contributed by atoms with E-state index in [0.717, 1.165) is 36.8 Å². The number of ketones is 4. The molecule has 36 heteroatoms. The maximum atomic E-state index is 15.8. The van der Waals surface area contributed by atoms with Crippen LogP contribution >= 0.6 is 0 Å². The van der Waals surface area contributed by atoms with E-state index in [9.17, 15) is 14.4 Å². The van der Waals surface area contributed by atoms with Gasteiger partial charge in [0.05, 0.1) is 49.5 Å². The molecular formula is C114H176N16O20. The standard InChI is InChI=1S/C114H176N16O20/c1-27-73(11)84-63-93(134)89(59-69(5)6)121(21)95(136)64-87(77(15)131)124(24)110(148)99(82-41-33-34-42-82)126(26)112(150)114(55-37-38-56-114)116-94(135)68-118(18)105(143)92(62-80-49-45-72(10)46-50-80)128(30-4)107(145)86-52-58-130(86)102(140)76(14)120(20)108(146)97(74(12)28-2)115-100(138)90(60-70(7)8)122(22)96(137)65-88(78(16)132)123(23)109(147)98(81-39-31-32-40-81)125(25)111(149)113(53-35-36-54-113)66-83(133)67-117(17)104(142)91(61-79-47-43-71(9)44-48-79)127(29-3)106(144)85-51-57-129(85)101(139)75(13)119(19)103(84)141/h43-50,69-70,73-76,81-82,84-92,97-99H,27-42,51-68H2,1-26H3,(H,115,138)(H,116,135)/t73-,74-,75-,76-,84-,85-,86-,87-,88-,89-,90-,91-,92-,97-,98-,99-/m0/s1. The number of Topliss-reactive ketones (excluding diaryl/α,β-unsaturated/α-hetero) is 4. The number of likely N-dealkylation sites (N-methyl/N-ethyl adjacent to an activating group) is 12. The summed E-state index contributed by atoms with van der Waals surface area (Å²) in [7, 11) is 14.5. The molecule has 7 fully saturated rings. The van der Waals surface area contributed by atoms with Gasteiger partial charge in [0.15, 0.2) is 23.1 Å². The Hall–Kier alpha value is -11.4. The lowest BCUT2D eigenvalue weighted by molar-refractivity contribution is -0.161. The normalized spacial score (nSPS) is 27.8. The fourth-order valence-electron chi connectivity index (χ4n) is 23.9. The Morgan fingerprint density at radius 1 is 0.400 bits per heavy atom. The lowest BCUT2D eigenvalue weighted by atomic mass is 9.78. The van der Waals surface area contributed by atoms with Gasteiger partial charge >= 0.3 is 0 Å². The first-order valence-electron chi connectivity index (χ1n) is 55.2. The highest BCUT2D eigenvalue weighted by atomic mass is 16.2. The van der Waals surface area contributed by atoms with Crippen LogP contribution in [-0.4, -0.2) is 380 Å². The van der Waals surface area contributed by atoms with E-state index in [1.54, 1.807) is 27.7 Å². The van der Waals surface area contributed by atoms with Gasteiger partial charge in [0.1, 0.15) is 66.0 Å². The van der Waals surface area contributed by atoms with Crippen molar-refractivity contribution in [3.8, 4) is 0 Å². The Labute approximate surface area is 890 Å². The summed E-state index contributed by atoms with van der Waals surface area (Å²) in [4.78, 5) is 323. The molecule has 0 bridgehead atoms. The molecule has 0 unspecified atom stereocenters. The fourth-order valence-corrected chi connectivity index (χ4v) is 23.9. The average Bonchev–Trinajstić information content (AvgIpc) is 1.49. The van der Waals surface area contributed by atoms with Crippen molar-refractivity contribution in [2.75, 3.05) is 110 Å². The number of benzene rings is 2. The Balaban J connectivity index is 1.05. The summed E-state index contributed by atoms with van der Waals surface area (Å²) in [6, 6.07) is -1.13. The van der Waals surface area contributed by atoms with E-state index in [-0.39, 0.29) is 115 Å². The number of amides is 16. The van der Waals surface area contributed by atoms with E-state index >= 15 is 81.5 Å². The van der Waals surface area contributed by atoms with Crippen molar-refractivity contribution in [1.29, 1.82) is 0 Å². The summed E-state index contributed by atoms with van der Waals surface area (Å²) in [5.74, 6) is -15.2. The summed E-state index contributed by atoms with van der Waals surface area (Å²) in [6.45, 7) is 26.6. The molecule has 4 saturated carbocycles. The van der Waals surface area contributed by atoms with Gasteiger partial charge in [-0.2, -0.15) is 0 Å². The zero-order valence-electron chi connectivity index (χ0n) is 94.6. The second-order valence-corrected chi connectivity index (χ2v) is 45.7. The van der Waals surface area contributed by atoms with Gasteiger partial charge in [0, 0.05) is 128 Å². The number of hydrogen-bond acceptors (Lipinski definition) is 20. The quantitative estimate of drug-likeness (QED) is 0.141. The minimum atomic E-state index is -1.58. The first-order chi connectivity index (χ1) is 70.6. The van der Waals surface area contributed by atoms with Crippen LogP contribution in [0.4, 0.5) is 0 Å². The molecule has 4 aliphatic carbocycles. The van der Waals surface area contributed by atoms with Crippen LogP contribution in [0, 0.1) is 60.7 Å². The minimum absolute atomic E-state index is 0.00139. The number of nitrogens with one attached hydrogen (secondary N) is 2. The minimum Gasteiger partial charge on any atom is -0.342 e. The van der Waals surface area contributed by atoms with Gasteiger partial charge in [-0.3, -0.25) is 95.9 Å². The number of hydrogen-bond donors (Lipinski definition) is 2. The molecule has 16 atom stereocenters. The number of carbonyl (C=O) groups excluding carboxylic acids is 20. The predicted molar refractivity (Wildman–Crippen MR) is 569 cm³/mol. The summed E-state index contributed by atoms with van der Waals surface area (Å²) in [6.07, 6.45) is 7.53. The van der Waals surface area contributed by atoms with Gasteiger partial charge in [0.25, 0.3) is 0 Å². The van der Waals surface area contributed by atoms with Crippen molar-refractivity contribution in [2.45, 2.75) is 375 Å². The highest BCUT2D eigenvalue weighted by molar-refractivity contribution is 6.04. The molecule has 2 aromatic carbocycles. The molecule has 16 amide bonds. The van der Waals surface area contributed by atoms with Gasteiger partial charge in [0.2, 0.25) is 94.5 Å². The third kappa shape index (κ3) is 28.6. The molecule has 3 saturated heterocycles. The molecule has 0 aromatic heterocycles. The topological polar surface area (TPSA) is 411 Å². The average molecular weight is 2090 g/mol. The van der Waals surface area contributed by atoms with E-state index in [1.807, 2.05) is 111 Å². The van der Waals surface area contributed by atoms with Gasteiger partial charge in [-0.1, -0.05) is 179 Å². The van der Waals surface area contributed by atoms with E-state index in [1.165, 1.54) is 160 Å². The molecule has 2 aromatic rings. The molecule has 2 spiro atoms. The number of carbonyl (C=O) groups is 20. The molecule has 3 aliphatic heterocycles. The Morgan fingerprint density at radius 2 is 0.787 bits per heavy atom. The summed E-state index contributed by atoms with van der Waals surface area (Å²) < 4.78 is 0. The number of fused-ring (bicyclic) bond motifs is 2. The van der Waals surface area contributed by atoms with Crippen LogP contribution in [0.2, 0.25) is 0 Å². The van der Waals surface area contributed by atoms with Crippen LogP contribution < -0.4 is 10.6 Å². The van der Waals surface area contributed by atoms with Crippen LogP contribution in [0.5, 0.6) is 0 Å². The van der Waals surface area contributed by atoms with Crippen molar-refractivity contribution < 1.29 is 95.9 Å². The molecule has 150 heavy (non-hydrogen) atoms. The van der Waals surface area contributed by atoms with Gasteiger partial charge in [-0.25, -0.2) is 0 Å². The molecule has 9 rings (SSSR count). The zero-order valence-corrected chi connectivity index (χ0v) is 94.6. The molecule has 832 valence electrons. The second kappa shape index (κ2) is 53.8. The first kappa shape index (κ1) is 122. The number of rotatable bonds is 18. The van der Waals surface area contributed by atoms with Crippen molar-refractivity contribution >= 4 is 118 Å². The van der Waals surface area contributed by atoms with Crippen molar-refractivity contribution in [2.24, 2.45) is 46.8 Å². The maximum absolute atomic E-state index is 15.8. The molecule has 2 N–H and O–H groups in total. The predicted octanol–water partition coefficient (Wildman–Crippen LogP) is 8.84. The molecule has 7 aliphatic rings. The van der Waals surface area contributed by atoms with Gasteiger partial charge in [-0.15, -0.1) is 0 Å². The monoisotopic (exact) mass is 2090 g/mol. The van der Waals surface area contributed by atoms with Crippen LogP contribution in [0.25, 0.3) is 0 Å². The van der Waals surface area contributed by atoms with E-state index in [4.69, 9.17) is 0 Å². The first-order valence-corrected chi connectivity index (χ1v) is 55.2. The third-order valence-electron chi connectivity index (χ3n) is 34.4. The number of aryl methyl sites for hydroxylation is 2. The highest BCUT2D eigenvalue weighted by Crippen LogP contribution is 2.46. The largest absolute Gasteiger partial charge is 0.342 e. The summed E-state index contributed by atoms with van der Waals surface area (Å²) >= 11 is 0. The van der Waals surface area contributed by atoms with Gasteiger partial charge in [-0.05, 0) is 179 Å². The maximum Gasteiger partial charge on any atom is 0.248 e. The van der Waals surface area contributed by atoms with Crippen LogP contribution in [-0.2, 0) is 109 Å². The molecule has 36 nitrogen and oxygen atoms in total. The third-order valence-corrected chi connectivity index (χ3v) is 34.4. The Kier molecular flexibility index (Phi) is 43.8. The zero-order chi connectivity index (χ0) is 112. The van der Waals surface area contributed by atoms with Crippen LogP contribution in [0.15, 0.2) is 48.5 Å². The van der Waals surface area contributed by atoms with Crippen molar-refractivity contribution in [1.82, 2.24) is 79.2 Å². The van der Waals surface area contributed by atoms with E-state index < -0.39 is 263 Å². The van der Waals surface area contributed by atoms with E-state index in [2.05, 4.69) is 10.6 Å².